The van der Waals surface area contributed by atoms with E-state index in [4.69, 9.17) is 9.47 Å². The molecule has 1 aliphatic heterocycles. The molecule has 1 unspecified atom stereocenters. The van der Waals surface area contributed by atoms with Gasteiger partial charge in [-0.2, -0.15) is 0 Å². The van der Waals surface area contributed by atoms with Crippen LogP contribution in [0.15, 0.2) is 24.3 Å². The van der Waals surface area contributed by atoms with Gasteiger partial charge in [0.15, 0.2) is 0 Å². The molecular weight excluding hydrogens is 226 g/mol. The second-order valence-corrected chi connectivity index (χ2v) is 5.26. The smallest absolute Gasteiger partial charge is 0.142 e. The lowest BCUT2D eigenvalue weighted by molar-refractivity contribution is 0.0875. The van der Waals surface area contributed by atoms with Crippen molar-refractivity contribution in [2.45, 2.75) is 32.7 Å². The monoisotopic (exact) mass is 249 g/mol. The van der Waals surface area contributed by atoms with Gasteiger partial charge in [-0.15, -0.1) is 0 Å². The standard InChI is InChI=1S/C15H23NO2/c1-12(2)10-18-15-8-4-3-7-14(15)16-13-6-5-9-17-11-13/h3-4,7-8,12-13,16H,5-6,9-11H2,1-2H3. The molecule has 3 nitrogen and oxygen atoms in total. The molecule has 0 saturated carbocycles. The maximum atomic E-state index is 5.84. The van der Waals surface area contributed by atoms with Crippen molar-refractivity contribution >= 4 is 5.69 Å². The highest BCUT2D eigenvalue weighted by molar-refractivity contribution is 5.56. The molecule has 0 amide bonds. The van der Waals surface area contributed by atoms with Crippen molar-refractivity contribution in [1.29, 1.82) is 0 Å². The summed E-state index contributed by atoms with van der Waals surface area (Å²) in [6.07, 6.45) is 2.30. The Hall–Kier alpha value is -1.22. The number of para-hydroxylation sites is 2. The third kappa shape index (κ3) is 3.91. The van der Waals surface area contributed by atoms with E-state index in [2.05, 4.69) is 25.2 Å². The summed E-state index contributed by atoms with van der Waals surface area (Å²) in [6, 6.07) is 8.55. The molecule has 18 heavy (non-hydrogen) atoms. The van der Waals surface area contributed by atoms with Crippen molar-refractivity contribution in [3.05, 3.63) is 24.3 Å². The number of hydrogen-bond donors (Lipinski definition) is 1. The van der Waals surface area contributed by atoms with Crippen molar-refractivity contribution in [3.63, 3.8) is 0 Å². The van der Waals surface area contributed by atoms with Crippen molar-refractivity contribution in [1.82, 2.24) is 0 Å². The SMILES string of the molecule is CC(C)COc1ccccc1NC1CCCOC1. The predicted molar refractivity (Wildman–Crippen MR) is 74.2 cm³/mol. The highest BCUT2D eigenvalue weighted by atomic mass is 16.5. The van der Waals surface area contributed by atoms with E-state index < -0.39 is 0 Å². The lowest BCUT2D eigenvalue weighted by Crippen LogP contribution is -2.30. The van der Waals surface area contributed by atoms with Crippen molar-refractivity contribution in [3.8, 4) is 5.75 Å². The van der Waals surface area contributed by atoms with Crippen LogP contribution >= 0.6 is 0 Å². The summed E-state index contributed by atoms with van der Waals surface area (Å²) < 4.78 is 11.3. The molecule has 0 aromatic heterocycles. The Labute approximate surface area is 109 Å². The number of rotatable bonds is 5. The van der Waals surface area contributed by atoms with Gasteiger partial charge < -0.3 is 14.8 Å². The number of anilines is 1. The third-order valence-corrected chi connectivity index (χ3v) is 2.98. The molecule has 2 rings (SSSR count). The summed E-state index contributed by atoms with van der Waals surface area (Å²) in [4.78, 5) is 0. The van der Waals surface area contributed by atoms with Gasteiger partial charge in [-0.3, -0.25) is 0 Å². The zero-order valence-corrected chi connectivity index (χ0v) is 11.3. The molecule has 0 aliphatic carbocycles. The zero-order valence-electron chi connectivity index (χ0n) is 11.3. The van der Waals surface area contributed by atoms with E-state index in [0.29, 0.717) is 12.0 Å². The summed E-state index contributed by atoms with van der Waals surface area (Å²) in [6.45, 7) is 6.75. The lowest BCUT2D eigenvalue weighted by atomic mass is 10.1. The minimum absolute atomic E-state index is 0.405. The zero-order chi connectivity index (χ0) is 12.8. The molecule has 0 spiro atoms. The van der Waals surface area contributed by atoms with Gasteiger partial charge in [-0.25, -0.2) is 0 Å². The fourth-order valence-electron chi connectivity index (χ4n) is 2.04. The molecule has 0 bridgehead atoms. The molecule has 1 atom stereocenters. The average molecular weight is 249 g/mol. The molecule has 1 fully saturated rings. The van der Waals surface area contributed by atoms with Crippen LogP contribution in [0.5, 0.6) is 5.75 Å². The molecule has 1 aliphatic rings. The van der Waals surface area contributed by atoms with Crippen molar-refractivity contribution < 1.29 is 9.47 Å². The van der Waals surface area contributed by atoms with Gasteiger partial charge in [-0.1, -0.05) is 26.0 Å². The van der Waals surface area contributed by atoms with Crippen LogP contribution in [0.2, 0.25) is 0 Å². The summed E-state index contributed by atoms with van der Waals surface area (Å²) in [5.74, 6) is 1.48. The Morgan fingerprint density at radius 2 is 2.22 bits per heavy atom. The van der Waals surface area contributed by atoms with Crippen molar-refractivity contribution in [2.75, 3.05) is 25.1 Å². The van der Waals surface area contributed by atoms with E-state index in [9.17, 15) is 0 Å². The quantitative estimate of drug-likeness (QED) is 0.868. The molecule has 0 radical (unpaired) electrons. The maximum Gasteiger partial charge on any atom is 0.142 e. The van der Waals surface area contributed by atoms with Gasteiger partial charge in [0.05, 0.1) is 18.9 Å². The molecule has 1 aromatic carbocycles. The predicted octanol–water partition coefficient (Wildman–Crippen LogP) is 3.31. The van der Waals surface area contributed by atoms with Crippen LogP contribution in [0.1, 0.15) is 26.7 Å². The molecule has 1 N–H and O–H groups in total. The molecule has 3 heteroatoms. The Balaban J connectivity index is 1.97. The second-order valence-electron chi connectivity index (χ2n) is 5.26. The molecular formula is C15H23NO2. The summed E-state index contributed by atoms with van der Waals surface area (Å²) in [5, 5.41) is 3.52. The van der Waals surface area contributed by atoms with Crippen LogP contribution in [0, 0.1) is 5.92 Å². The van der Waals surface area contributed by atoms with E-state index in [0.717, 1.165) is 37.7 Å². The van der Waals surface area contributed by atoms with Crippen molar-refractivity contribution in [2.24, 2.45) is 5.92 Å². The fourth-order valence-corrected chi connectivity index (χ4v) is 2.04. The Bertz CT molecular complexity index is 359. The number of ether oxygens (including phenoxy) is 2. The van der Waals surface area contributed by atoms with Crippen LogP contribution in [-0.2, 0) is 4.74 Å². The third-order valence-electron chi connectivity index (χ3n) is 2.98. The first-order chi connectivity index (χ1) is 8.75. The molecule has 1 heterocycles. The Morgan fingerprint density at radius 1 is 1.39 bits per heavy atom. The van der Waals surface area contributed by atoms with E-state index >= 15 is 0 Å². The average Bonchev–Trinajstić information content (AvgIpc) is 2.39. The van der Waals surface area contributed by atoms with Gasteiger partial charge in [0.2, 0.25) is 0 Å². The normalized spacial score (nSPS) is 19.8. The van der Waals surface area contributed by atoms with E-state index in [1.165, 1.54) is 6.42 Å². The first-order valence-electron chi connectivity index (χ1n) is 6.82. The van der Waals surface area contributed by atoms with Gasteiger partial charge in [0.25, 0.3) is 0 Å². The molecule has 1 aromatic rings. The largest absolute Gasteiger partial charge is 0.491 e. The minimum Gasteiger partial charge on any atom is -0.491 e. The summed E-state index contributed by atoms with van der Waals surface area (Å²) >= 11 is 0. The molecule has 100 valence electrons. The lowest BCUT2D eigenvalue weighted by Gasteiger charge is -2.25. The van der Waals surface area contributed by atoms with Crippen LogP contribution < -0.4 is 10.1 Å². The minimum atomic E-state index is 0.405. The van der Waals surface area contributed by atoms with Crippen LogP contribution in [0.25, 0.3) is 0 Å². The van der Waals surface area contributed by atoms with Gasteiger partial charge in [0, 0.05) is 12.6 Å². The highest BCUT2D eigenvalue weighted by Gasteiger charge is 2.15. The first-order valence-corrected chi connectivity index (χ1v) is 6.82. The van der Waals surface area contributed by atoms with Gasteiger partial charge >= 0.3 is 0 Å². The van der Waals surface area contributed by atoms with Gasteiger partial charge in [0.1, 0.15) is 5.75 Å². The van der Waals surface area contributed by atoms with Crippen LogP contribution in [0.3, 0.4) is 0 Å². The van der Waals surface area contributed by atoms with Crippen LogP contribution in [0.4, 0.5) is 5.69 Å². The second kappa shape index (κ2) is 6.64. The molecule has 1 saturated heterocycles. The first kappa shape index (κ1) is 13.2. The highest BCUT2D eigenvalue weighted by Crippen LogP contribution is 2.26. The number of hydrogen-bond acceptors (Lipinski definition) is 3. The number of nitrogens with one attached hydrogen (secondary N) is 1. The number of benzene rings is 1. The maximum absolute atomic E-state index is 5.84. The Morgan fingerprint density at radius 3 is 2.94 bits per heavy atom. The van der Waals surface area contributed by atoms with Crippen LogP contribution in [-0.4, -0.2) is 25.9 Å². The Kier molecular flexibility index (Phi) is 4.88. The van der Waals surface area contributed by atoms with E-state index in [-0.39, 0.29) is 0 Å². The fraction of sp³-hybridized carbons (Fsp3) is 0.600. The van der Waals surface area contributed by atoms with Gasteiger partial charge in [-0.05, 0) is 30.9 Å². The topological polar surface area (TPSA) is 30.5 Å². The summed E-state index contributed by atoms with van der Waals surface area (Å²) in [5.41, 5.74) is 1.08. The van der Waals surface area contributed by atoms with E-state index in [1.54, 1.807) is 0 Å². The van der Waals surface area contributed by atoms with E-state index in [1.807, 2.05) is 18.2 Å². The summed E-state index contributed by atoms with van der Waals surface area (Å²) in [7, 11) is 0.